The van der Waals surface area contributed by atoms with Gasteiger partial charge in [0.2, 0.25) is 10.0 Å². The summed E-state index contributed by atoms with van der Waals surface area (Å²) >= 11 is 9.25. The van der Waals surface area contributed by atoms with Gasteiger partial charge >= 0.3 is 0 Å². The van der Waals surface area contributed by atoms with Gasteiger partial charge in [0, 0.05) is 5.39 Å². The van der Waals surface area contributed by atoms with Crippen LogP contribution in [-0.4, -0.2) is 19.6 Å². The highest BCUT2D eigenvalue weighted by atomic mass is 79.9. The zero-order chi connectivity index (χ0) is 11.3. The Morgan fingerprint density at radius 3 is 2.94 bits per heavy atom. The fourth-order valence-electron chi connectivity index (χ4n) is 1.66. The van der Waals surface area contributed by atoms with Gasteiger partial charge in [-0.25, -0.2) is 9.97 Å². The Hall–Kier alpha value is -1.20. The van der Waals surface area contributed by atoms with Crippen LogP contribution in [0.1, 0.15) is 5.56 Å². The highest BCUT2D eigenvalue weighted by molar-refractivity contribution is 9.10. The lowest BCUT2D eigenvalue weighted by molar-refractivity contribution is 0.922. The molecule has 0 amide bonds. The Kier molecular flexibility index (Phi) is 2.12. The summed E-state index contributed by atoms with van der Waals surface area (Å²) in [7, 11) is 0. The quantitative estimate of drug-likeness (QED) is 0.599. The van der Waals surface area contributed by atoms with Gasteiger partial charge in [0.05, 0.1) is 5.52 Å². The predicted octanol–water partition coefficient (Wildman–Crippen LogP) is 3.00. The van der Waals surface area contributed by atoms with Crippen LogP contribution in [0.5, 0.6) is 0 Å². The highest BCUT2D eigenvalue weighted by Crippen LogP contribution is 2.22. The van der Waals surface area contributed by atoms with Gasteiger partial charge in [-0.05, 0) is 46.6 Å². The first kappa shape index (κ1) is 9.99. The molecule has 0 saturated carbocycles. The second kappa shape index (κ2) is 3.40. The highest BCUT2D eigenvalue weighted by Gasteiger charge is 2.10. The number of rotatable bonds is 0. The van der Waals surface area contributed by atoms with Crippen molar-refractivity contribution in [2.45, 2.75) is 6.92 Å². The molecular weight excluding hydrogens is 291 g/mol. The van der Waals surface area contributed by atoms with Crippen LogP contribution in [0.15, 0.2) is 22.9 Å². The minimum Gasteiger partial charge on any atom is -0.218 e. The van der Waals surface area contributed by atoms with Crippen molar-refractivity contribution in [3.8, 4) is 0 Å². The molecule has 0 fully saturated rings. The Labute approximate surface area is 104 Å². The smallest absolute Gasteiger partial charge is 0.218 e. The molecule has 1 aromatic carbocycles. The topological polar surface area (TPSA) is 43.1 Å². The number of fused-ring (bicyclic) bond motifs is 3. The molecule has 2 heterocycles. The summed E-state index contributed by atoms with van der Waals surface area (Å²) < 4.78 is 2.03. The van der Waals surface area contributed by atoms with E-state index in [1.54, 1.807) is 0 Å². The minimum absolute atomic E-state index is 0.310. The van der Waals surface area contributed by atoms with Crippen molar-refractivity contribution >= 4 is 44.1 Å². The summed E-state index contributed by atoms with van der Waals surface area (Å²) in [5.74, 6) is 0. The first-order valence-electron chi connectivity index (χ1n) is 4.63. The standard InChI is InChI=1S/C10H6BrClN4/c1-5-2-3-7-6(4-5)8-14-9(11)15-16(8)10(12)13-7/h2-4H,1H3. The van der Waals surface area contributed by atoms with E-state index in [2.05, 4.69) is 31.0 Å². The Bertz CT molecular complexity index is 707. The maximum Gasteiger partial charge on any atom is 0.226 e. The number of hydrogen-bond acceptors (Lipinski definition) is 3. The fraction of sp³-hybridized carbons (Fsp3) is 0.100. The molecule has 0 aliphatic carbocycles. The van der Waals surface area contributed by atoms with E-state index < -0.39 is 0 Å². The molecule has 4 nitrogen and oxygen atoms in total. The molecule has 0 unspecified atom stereocenters. The van der Waals surface area contributed by atoms with E-state index in [4.69, 9.17) is 11.6 Å². The van der Waals surface area contributed by atoms with E-state index in [0.29, 0.717) is 15.7 Å². The Morgan fingerprint density at radius 1 is 1.31 bits per heavy atom. The van der Waals surface area contributed by atoms with Crippen LogP contribution >= 0.6 is 27.5 Å². The lowest BCUT2D eigenvalue weighted by Gasteiger charge is -2.01. The molecule has 0 spiro atoms. The molecule has 0 N–H and O–H groups in total. The summed E-state index contributed by atoms with van der Waals surface area (Å²) in [5, 5.41) is 5.38. The lowest BCUT2D eigenvalue weighted by Crippen LogP contribution is -1.94. The van der Waals surface area contributed by atoms with E-state index in [1.165, 1.54) is 4.52 Å². The average Bonchev–Trinajstić information content (AvgIpc) is 2.62. The monoisotopic (exact) mass is 296 g/mol. The van der Waals surface area contributed by atoms with Gasteiger partial charge < -0.3 is 0 Å². The first-order valence-corrected chi connectivity index (χ1v) is 5.80. The van der Waals surface area contributed by atoms with Gasteiger partial charge in [0.1, 0.15) is 0 Å². The number of aromatic nitrogens is 4. The summed E-state index contributed by atoms with van der Waals surface area (Å²) in [6.07, 6.45) is 0. The summed E-state index contributed by atoms with van der Waals surface area (Å²) in [5.41, 5.74) is 2.69. The van der Waals surface area contributed by atoms with Gasteiger partial charge in [0.15, 0.2) is 5.65 Å². The second-order valence-corrected chi connectivity index (χ2v) is 4.57. The molecule has 0 saturated heterocycles. The molecule has 0 aliphatic rings. The number of benzene rings is 1. The molecule has 0 aliphatic heterocycles. The van der Waals surface area contributed by atoms with Crippen molar-refractivity contribution in [3.05, 3.63) is 33.8 Å². The number of aryl methyl sites for hydroxylation is 1. The van der Waals surface area contributed by atoms with Gasteiger partial charge in [-0.2, -0.15) is 4.52 Å². The van der Waals surface area contributed by atoms with Crippen LogP contribution in [0.4, 0.5) is 0 Å². The van der Waals surface area contributed by atoms with Crippen LogP contribution in [0.3, 0.4) is 0 Å². The summed E-state index contributed by atoms with van der Waals surface area (Å²) in [6, 6.07) is 5.95. The Balaban J connectivity index is 2.59. The van der Waals surface area contributed by atoms with E-state index >= 15 is 0 Å². The fourth-order valence-corrected chi connectivity index (χ4v) is 2.20. The molecule has 3 aromatic rings. The van der Waals surface area contributed by atoms with Crippen LogP contribution in [0.2, 0.25) is 5.28 Å². The molecule has 0 atom stereocenters. The molecule has 0 radical (unpaired) electrons. The SMILES string of the molecule is Cc1ccc2nc(Cl)n3nc(Br)nc3c2c1. The minimum atomic E-state index is 0.310. The third kappa shape index (κ3) is 1.39. The van der Waals surface area contributed by atoms with E-state index in [0.717, 1.165) is 16.5 Å². The molecule has 2 aromatic heterocycles. The molecule has 80 valence electrons. The summed E-state index contributed by atoms with van der Waals surface area (Å²) in [6.45, 7) is 2.02. The third-order valence-corrected chi connectivity index (χ3v) is 2.94. The molecular formula is C10H6BrClN4. The third-order valence-electron chi connectivity index (χ3n) is 2.36. The van der Waals surface area contributed by atoms with Crippen molar-refractivity contribution < 1.29 is 0 Å². The predicted molar refractivity (Wildman–Crippen MR) is 65.7 cm³/mol. The van der Waals surface area contributed by atoms with E-state index in [1.807, 2.05) is 25.1 Å². The number of halogens is 2. The normalized spacial score (nSPS) is 11.4. The van der Waals surface area contributed by atoms with Crippen molar-refractivity contribution in [1.29, 1.82) is 0 Å². The first-order chi connectivity index (χ1) is 7.65. The van der Waals surface area contributed by atoms with Gasteiger partial charge in [-0.1, -0.05) is 11.6 Å². The zero-order valence-electron chi connectivity index (χ0n) is 8.28. The lowest BCUT2D eigenvalue weighted by atomic mass is 10.2. The van der Waals surface area contributed by atoms with Crippen LogP contribution in [0.25, 0.3) is 16.6 Å². The average molecular weight is 298 g/mol. The molecule has 6 heteroatoms. The Morgan fingerprint density at radius 2 is 2.12 bits per heavy atom. The van der Waals surface area contributed by atoms with Crippen LogP contribution < -0.4 is 0 Å². The summed E-state index contributed by atoms with van der Waals surface area (Å²) in [4.78, 5) is 8.55. The van der Waals surface area contributed by atoms with Gasteiger partial charge in [-0.3, -0.25) is 0 Å². The van der Waals surface area contributed by atoms with Gasteiger partial charge in [0.25, 0.3) is 0 Å². The van der Waals surface area contributed by atoms with E-state index in [-0.39, 0.29) is 0 Å². The zero-order valence-corrected chi connectivity index (χ0v) is 10.6. The molecule has 3 rings (SSSR count). The van der Waals surface area contributed by atoms with Crippen molar-refractivity contribution in [3.63, 3.8) is 0 Å². The number of hydrogen-bond donors (Lipinski definition) is 0. The van der Waals surface area contributed by atoms with Crippen LogP contribution in [0, 0.1) is 6.92 Å². The van der Waals surface area contributed by atoms with Crippen molar-refractivity contribution in [1.82, 2.24) is 19.6 Å². The largest absolute Gasteiger partial charge is 0.226 e. The maximum absolute atomic E-state index is 6.02. The molecule has 16 heavy (non-hydrogen) atoms. The van der Waals surface area contributed by atoms with Crippen molar-refractivity contribution in [2.75, 3.05) is 0 Å². The maximum atomic E-state index is 6.02. The second-order valence-electron chi connectivity index (χ2n) is 3.52. The van der Waals surface area contributed by atoms with Gasteiger partial charge in [-0.15, -0.1) is 5.10 Å². The van der Waals surface area contributed by atoms with Crippen LogP contribution in [-0.2, 0) is 0 Å². The number of nitrogens with zero attached hydrogens (tertiary/aromatic N) is 4. The van der Waals surface area contributed by atoms with Crippen molar-refractivity contribution in [2.24, 2.45) is 0 Å². The molecule has 0 bridgehead atoms. The van der Waals surface area contributed by atoms with E-state index in [9.17, 15) is 0 Å².